The molecule has 3 aromatic rings. The zero-order valence-electron chi connectivity index (χ0n) is 13.9. The third-order valence-corrected chi connectivity index (χ3v) is 5.10. The molecule has 0 aliphatic heterocycles. The first-order valence-electron chi connectivity index (χ1n) is 7.63. The number of ether oxygens (including phenoxy) is 1. The van der Waals surface area contributed by atoms with E-state index in [-0.39, 0.29) is 11.4 Å². The van der Waals surface area contributed by atoms with Gasteiger partial charge in [-0.2, -0.15) is 0 Å². The second-order valence-corrected chi connectivity index (χ2v) is 7.22. The molecule has 1 aromatic heterocycles. The maximum Gasteiger partial charge on any atom is 0.240 e. The van der Waals surface area contributed by atoms with Gasteiger partial charge < -0.3 is 9.15 Å². The molecule has 2 aromatic carbocycles. The standard InChI is InChI=1S/C18H18N2O4S/c1-13-20-18(12-24-13)15-6-8-17(9-7-15)25(21,22)19-11-14-4-3-5-16(10-14)23-2/h3-10,12,19H,11H2,1-2H3. The van der Waals surface area contributed by atoms with Crippen molar-refractivity contribution in [1.29, 1.82) is 0 Å². The summed E-state index contributed by atoms with van der Waals surface area (Å²) in [7, 11) is -2.04. The van der Waals surface area contributed by atoms with Crippen LogP contribution in [-0.2, 0) is 16.6 Å². The average molecular weight is 358 g/mol. The molecule has 0 amide bonds. The Bertz CT molecular complexity index is 963. The zero-order valence-corrected chi connectivity index (χ0v) is 14.7. The van der Waals surface area contributed by atoms with Crippen molar-refractivity contribution in [1.82, 2.24) is 9.71 Å². The van der Waals surface area contributed by atoms with E-state index in [0.29, 0.717) is 17.3 Å². The van der Waals surface area contributed by atoms with E-state index in [1.807, 2.05) is 18.2 Å². The predicted molar refractivity (Wildman–Crippen MR) is 93.7 cm³/mol. The van der Waals surface area contributed by atoms with Crippen molar-refractivity contribution in [2.45, 2.75) is 18.4 Å². The summed E-state index contributed by atoms with van der Waals surface area (Å²) in [4.78, 5) is 4.42. The van der Waals surface area contributed by atoms with Gasteiger partial charge in [0, 0.05) is 19.0 Å². The van der Waals surface area contributed by atoms with Crippen LogP contribution in [0.25, 0.3) is 11.3 Å². The summed E-state index contributed by atoms with van der Waals surface area (Å²) < 4.78 is 37.8. The molecule has 0 unspecified atom stereocenters. The smallest absolute Gasteiger partial charge is 0.240 e. The number of hydrogen-bond donors (Lipinski definition) is 1. The lowest BCUT2D eigenvalue weighted by atomic mass is 10.2. The summed E-state index contributed by atoms with van der Waals surface area (Å²) in [5, 5.41) is 0. The molecular weight excluding hydrogens is 340 g/mol. The van der Waals surface area contributed by atoms with Gasteiger partial charge in [-0.25, -0.2) is 18.1 Å². The van der Waals surface area contributed by atoms with Gasteiger partial charge in [0.25, 0.3) is 0 Å². The first-order chi connectivity index (χ1) is 12.0. The Kier molecular flexibility index (Phi) is 4.87. The van der Waals surface area contributed by atoms with Crippen molar-refractivity contribution in [2.24, 2.45) is 0 Å². The number of methoxy groups -OCH3 is 1. The van der Waals surface area contributed by atoms with Gasteiger partial charge in [-0.05, 0) is 29.8 Å². The van der Waals surface area contributed by atoms with Crippen LogP contribution in [0.5, 0.6) is 5.75 Å². The van der Waals surface area contributed by atoms with E-state index < -0.39 is 10.0 Å². The molecule has 0 saturated heterocycles. The first kappa shape index (κ1) is 17.2. The first-order valence-corrected chi connectivity index (χ1v) is 9.11. The highest BCUT2D eigenvalue weighted by atomic mass is 32.2. The molecule has 0 aliphatic rings. The monoisotopic (exact) mass is 358 g/mol. The maximum absolute atomic E-state index is 12.4. The Labute approximate surface area is 146 Å². The van der Waals surface area contributed by atoms with E-state index in [1.165, 1.54) is 0 Å². The SMILES string of the molecule is COc1cccc(CNS(=O)(=O)c2ccc(-c3coc(C)n3)cc2)c1. The molecule has 25 heavy (non-hydrogen) atoms. The van der Waals surface area contributed by atoms with Gasteiger partial charge in [0.2, 0.25) is 10.0 Å². The van der Waals surface area contributed by atoms with E-state index in [2.05, 4.69) is 9.71 Å². The van der Waals surface area contributed by atoms with E-state index >= 15 is 0 Å². The van der Waals surface area contributed by atoms with Crippen molar-refractivity contribution >= 4 is 10.0 Å². The van der Waals surface area contributed by atoms with Crippen molar-refractivity contribution in [2.75, 3.05) is 7.11 Å². The molecule has 0 fully saturated rings. The van der Waals surface area contributed by atoms with E-state index in [1.54, 1.807) is 50.6 Å². The quantitative estimate of drug-likeness (QED) is 0.732. The molecular formula is C18H18N2O4S. The molecule has 0 atom stereocenters. The van der Waals surface area contributed by atoms with Crippen LogP contribution in [0.1, 0.15) is 11.5 Å². The lowest BCUT2D eigenvalue weighted by Crippen LogP contribution is -2.23. The van der Waals surface area contributed by atoms with Gasteiger partial charge in [0.1, 0.15) is 17.7 Å². The van der Waals surface area contributed by atoms with Crippen LogP contribution >= 0.6 is 0 Å². The summed E-state index contributed by atoms with van der Waals surface area (Å²) in [6.45, 7) is 1.94. The highest BCUT2D eigenvalue weighted by Crippen LogP contribution is 2.21. The second-order valence-electron chi connectivity index (χ2n) is 5.45. The number of nitrogens with zero attached hydrogens (tertiary/aromatic N) is 1. The van der Waals surface area contributed by atoms with Gasteiger partial charge >= 0.3 is 0 Å². The zero-order chi connectivity index (χ0) is 17.9. The summed E-state index contributed by atoms with van der Waals surface area (Å²) >= 11 is 0. The third-order valence-electron chi connectivity index (χ3n) is 3.68. The Morgan fingerprint density at radius 2 is 1.92 bits per heavy atom. The molecule has 6 nitrogen and oxygen atoms in total. The molecule has 3 rings (SSSR count). The Hall–Kier alpha value is -2.64. The van der Waals surface area contributed by atoms with Crippen LogP contribution in [0.4, 0.5) is 0 Å². The van der Waals surface area contributed by atoms with E-state index in [9.17, 15) is 8.42 Å². The van der Waals surface area contributed by atoms with Crippen LogP contribution < -0.4 is 9.46 Å². The van der Waals surface area contributed by atoms with Crippen molar-refractivity contribution in [3.05, 3.63) is 66.2 Å². The largest absolute Gasteiger partial charge is 0.497 e. The number of aryl methyl sites for hydroxylation is 1. The molecule has 0 saturated carbocycles. The summed E-state index contributed by atoms with van der Waals surface area (Å²) in [5.41, 5.74) is 2.28. The molecule has 1 N–H and O–H groups in total. The fourth-order valence-electron chi connectivity index (χ4n) is 2.34. The summed E-state index contributed by atoms with van der Waals surface area (Å²) in [6, 6.07) is 13.8. The lowest BCUT2D eigenvalue weighted by Gasteiger charge is -2.08. The molecule has 0 radical (unpaired) electrons. The molecule has 0 spiro atoms. The van der Waals surface area contributed by atoms with Crippen LogP contribution in [0.3, 0.4) is 0 Å². The fraction of sp³-hybridized carbons (Fsp3) is 0.167. The number of benzene rings is 2. The maximum atomic E-state index is 12.4. The Morgan fingerprint density at radius 1 is 1.16 bits per heavy atom. The number of oxazole rings is 1. The number of nitrogens with one attached hydrogen (secondary N) is 1. The highest BCUT2D eigenvalue weighted by molar-refractivity contribution is 7.89. The minimum Gasteiger partial charge on any atom is -0.497 e. The number of sulfonamides is 1. The normalized spacial score (nSPS) is 11.4. The summed E-state index contributed by atoms with van der Waals surface area (Å²) in [6.07, 6.45) is 1.54. The minimum atomic E-state index is -3.61. The lowest BCUT2D eigenvalue weighted by molar-refractivity contribution is 0.414. The highest BCUT2D eigenvalue weighted by Gasteiger charge is 2.14. The van der Waals surface area contributed by atoms with Gasteiger partial charge in [0.05, 0.1) is 12.0 Å². The van der Waals surface area contributed by atoms with E-state index in [4.69, 9.17) is 9.15 Å². The van der Waals surface area contributed by atoms with Crippen molar-refractivity contribution < 1.29 is 17.6 Å². The number of hydrogen-bond acceptors (Lipinski definition) is 5. The van der Waals surface area contributed by atoms with Crippen LogP contribution in [-0.4, -0.2) is 20.5 Å². The second kappa shape index (κ2) is 7.08. The van der Waals surface area contributed by atoms with Gasteiger partial charge in [-0.1, -0.05) is 24.3 Å². The van der Waals surface area contributed by atoms with Crippen LogP contribution in [0.2, 0.25) is 0 Å². The van der Waals surface area contributed by atoms with Crippen LogP contribution in [0.15, 0.2) is 64.1 Å². The Balaban J connectivity index is 1.73. The van der Waals surface area contributed by atoms with Gasteiger partial charge in [0.15, 0.2) is 5.89 Å². The molecule has 1 heterocycles. The van der Waals surface area contributed by atoms with Crippen molar-refractivity contribution in [3.63, 3.8) is 0 Å². The fourth-order valence-corrected chi connectivity index (χ4v) is 3.36. The third kappa shape index (κ3) is 4.07. The topological polar surface area (TPSA) is 81.4 Å². The van der Waals surface area contributed by atoms with E-state index in [0.717, 1.165) is 11.1 Å². The van der Waals surface area contributed by atoms with Crippen molar-refractivity contribution in [3.8, 4) is 17.0 Å². The molecule has 0 aliphatic carbocycles. The minimum absolute atomic E-state index is 0.184. The summed E-state index contributed by atoms with van der Waals surface area (Å²) in [5.74, 6) is 1.25. The number of aromatic nitrogens is 1. The predicted octanol–water partition coefficient (Wildman–Crippen LogP) is 3.14. The van der Waals surface area contributed by atoms with Gasteiger partial charge in [-0.15, -0.1) is 0 Å². The molecule has 130 valence electrons. The number of rotatable bonds is 6. The average Bonchev–Trinajstić information content (AvgIpc) is 3.07. The molecule has 7 heteroatoms. The molecule has 0 bridgehead atoms. The Morgan fingerprint density at radius 3 is 2.56 bits per heavy atom. The van der Waals surface area contributed by atoms with Gasteiger partial charge in [-0.3, -0.25) is 0 Å². The van der Waals surface area contributed by atoms with Crippen LogP contribution in [0, 0.1) is 6.92 Å².